The number of benzene rings is 1. The quantitative estimate of drug-likeness (QED) is 0.526. The normalized spacial score (nSPS) is 19.1. The van der Waals surface area contributed by atoms with Crippen LogP contribution in [0, 0.1) is 11.8 Å². The second kappa shape index (κ2) is 10.8. The first kappa shape index (κ1) is 21.9. The number of nitrogens with zero attached hydrogens (tertiary/aromatic N) is 1. The Morgan fingerprint density at radius 2 is 1.64 bits per heavy atom. The van der Waals surface area contributed by atoms with Crippen LogP contribution >= 0.6 is 0 Å². The predicted molar refractivity (Wildman–Crippen MR) is 108 cm³/mol. The van der Waals surface area contributed by atoms with Gasteiger partial charge in [0.2, 0.25) is 11.8 Å². The van der Waals surface area contributed by atoms with Gasteiger partial charge in [0.05, 0.1) is 18.4 Å². The Hall–Kier alpha value is -2.41. The summed E-state index contributed by atoms with van der Waals surface area (Å²) in [6.45, 7) is 1.63. The second-order valence-electron chi connectivity index (χ2n) is 7.52. The van der Waals surface area contributed by atoms with Crippen LogP contribution in [0.1, 0.15) is 42.5 Å². The highest BCUT2D eigenvalue weighted by Crippen LogP contribution is 2.30. The number of hydrogen-bond donors (Lipinski definition) is 2. The van der Waals surface area contributed by atoms with E-state index in [4.69, 9.17) is 4.74 Å². The highest BCUT2D eigenvalue weighted by molar-refractivity contribution is 6.01. The number of rotatable bonds is 8. The molecule has 0 radical (unpaired) electrons. The maximum atomic E-state index is 12.6. The van der Waals surface area contributed by atoms with Crippen molar-refractivity contribution in [2.75, 3.05) is 39.6 Å². The summed E-state index contributed by atoms with van der Waals surface area (Å²) in [5.74, 6) is -0.672. The van der Waals surface area contributed by atoms with Gasteiger partial charge in [-0.2, -0.15) is 0 Å². The molecule has 1 saturated carbocycles. The predicted octanol–water partition coefficient (Wildman–Crippen LogP) is 2.29. The molecule has 0 saturated heterocycles. The Bertz CT molecular complexity index is 682. The van der Waals surface area contributed by atoms with Crippen LogP contribution in [0.15, 0.2) is 24.3 Å². The number of ether oxygens (including phenoxy) is 1. The fourth-order valence-corrected chi connectivity index (χ4v) is 3.48. The molecular weight excluding hydrogens is 358 g/mol. The average Bonchev–Trinajstić information content (AvgIpc) is 2.70. The molecule has 1 aromatic carbocycles. The first-order valence-electron chi connectivity index (χ1n) is 9.83. The molecule has 0 aliphatic heterocycles. The molecule has 1 aromatic rings. The third-order valence-electron chi connectivity index (χ3n) is 5.14. The van der Waals surface area contributed by atoms with Crippen LogP contribution in [0.4, 0.5) is 5.69 Å². The Morgan fingerprint density at radius 3 is 2.25 bits per heavy atom. The molecule has 2 N–H and O–H groups in total. The first-order chi connectivity index (χ1) is 13.4. The molecule has 1 aliphatic carbocycles. The SMILES string of the molecule is COC(=O)c1ccccc1NC(=O)C1CCC(C(=O)NCCCN(C)C)CC1. The van der Waals surface area contributed by atoms with E-state index in [-0.39, 0.29) is 23.7 Å². The number of hydrogen-bond acceptors (Lipinski definition) is 5. The Kier molecular flexibility index (Phi) is 8.44. The number of anilines is 1. The van der Waals surface area contributed by atoms with E-state index in [0.717, 1.165) is 13.0 Å². The van der Waals surface area contributed by atoms with E-state index >= 15 is 0 Å². The third kappa shape index (κ3) is 6.34. The summed E-state index contributed by atoms with van der Waals surface area (Å²) in [6.07, 6.45) is 3.67. The fraction of sp³-hybridized carbons (Fsp3) is 0.571. The van der Waals surface area contributed by atoms with Crippen molar-refractivity contribution < 1.29 is 19.1 Å². The van der Waals surface area contributed by atoms with Crippen LogP contribution < -0.4 is 10.6 Å². The molecule has 1 aliphatic rings. The fourth-order valence-electron chi connectivity index (χ4n) is 3.48. The van der Waals surface area contributed by atoms with E-state index in [1.807, 2.05) is 14.1 Å². The molecular formula is C21H31N3O4. The zero-order valence-corrected chi connectivity index (χ0v) is 17.0. The van der Waals surface area contributed by atoms with Crippen molar-refractivity contribution in [3.05, 3.63) is 29.8 Å². The molecule has 0 atom stereocenters. The maximum absolute atomic E-state index is 12.6. The number of nitrogens with one attached hydrogen (secondary N) is 2. The van der Waals surface area contributed by atoms with Crippen LogP contribution in [0.25, 0.3) is 0 Å². The highest BCUT2D eigenvalue weighted by atomic mass is 16.5. The molecule has 7 nitrogen and oxygen atoms in total. The van der Waals surface area contributed by atoms with Crippen molar-refractivity contribution in [1.82, 2.24) is 10.2 Å². The van der Waals surface area contributed by atoms with Gasteiger partial charge in [-0.25, -0.2) is 4.79 Å². The third-order valence-corrected chi connectivity index (χ3v) is 5.14. The summed E-state index contributed by atoms with van der Waals surface area (Å²) in [4.78, 5) is 38.8. The number of esters is 1. The Balaban J connectivity index is 1.81. The summed E-state index contributed by atoms with van der Waals surface area (Å²) in [5.41, 5.74) is 0.796. The zero-order valence-electron chi connectivity index (χ0n) is 17.0. The van der Waals surface area contributed by atoms with Gasteiger partial charge in [-0.3, -0.25) is 9.59 Å². The van der Waals surface area contributed by atoms with Crippen LogP contribution in [-0.4, -0.2) is 57.0 Å². The van der Waals surface area contributed by atoms with Crippen molar-refractivity contribution in [3.8, 4) is 0 Å². The molecule has 7 heteroatoms. The van der Waals surface area contributed by atoms with E-state index in [9.17, 15) is 14.4 Å². The smallest absolute Gasteiger partial charge is 0.339 e. The zero-order chi connectivity index (χ0) is 20.5. The van der Waals surface area contributed by atoms with Gasteiger partial charge in [0.25, 0.3) is 0 Å². The van der Waals surface area contributed by atoms with E-state index < -0.39 is 5.97 Å². The number of carbonyl (C=O) groups is 3. The lowest BCUT2D eigenvalue weighted by Gasteiger charge is -2.27. The van der Waals surface area contributed by atoms with E-state index in [2.05, 4.69) is 15.5 Å². The number of carbonyl (C=O) groups excluding carboxylic acids is 3. The average molecular weight is 389 g/mol. The summed E-state index contributed by atoms with van der Waals surface area (Å²) in [7, 11) is 5.34. The number of para-hydroxylation sites is 1. The van der Waals surface area contributed by atoms with E-state index in [1.54, 1.807) is 24.3 Å². The minimum absolute atomic E-state index is 0.0224. The second-order valence-corrected chi connectivity index (χ2v) is 7.52. The van der Waals surface area contributed by atoms with Gasteiger partial charge in [-0.05, 0) is 64.9 Å². The molecule has 0 unspecified atom stereocenters. The van der Waals surface area contributed by atoms with Gasteiger partial charge in [-0.15, -0.1) is 0 Å². The van der Waals surface area contributed by atoms with Crippen LogP contribution in [0.5, 0.6) is 0 Å². The summed E-state index contributed by atoms with van der Waals surface area (Å²) >= 11 is 0. The highest BCUT2D eigenvalue weighted by Gasteiger charge is 2.30. The molecule has 0 heterocycles. The van der Waals surface area contributed by atoms with Crippen molar-refractivity contribution >= 4 is 23.5 Å². The number of amides is 2. The summed E-state index contributed by atoms with van der Waals surface area (Å²) < 4.78 is 4.76. The Morgan fingerprint density at radius 1 is 1.04 bits per heavy atom. The molecule has 0 aromatic heterocycles. The first-order valence-corrected chi connectivity index (χ1v) is 9.83. The van der Waals surface area contributed by atoms with Gasteiger partial charge >= 0.3 is 5.97 Å². The van der Waals surface area contributed by atoms with Crippen molar-refractivity contribution in [3.63, 3.8) is 0 Å². The van der Waals surface area contributed by atoms with Crippen LogP contribution in [-0.2, 0) is 14.3 Å². The standard InChI is InChI=1S/C21H31N3O4/c1-24(2)14-6-13-22-19(25)15-9-11-16(12-10-15)20(26)23-18-8-5-4-7-17(18)21(27)28-3/h4-5,7-8,15-16H,6,9-14H2,1-3H3,(H,22,25)(H,23,26). The van der Waals surface area contributed by atoms with E-state index in [0.29, 0.717) is 43.5 Å². The molecule has 2 rings (SSSR count). The van der Waals surface area contributed by atoms with Crippen molar-refractivity contribution in [2.45, 2.75) is 32.1 Å². The van der Waals surface area contributed by atoms with Gasteiger partial charge in [0.1, 0.15) is 0 Å². The van der Waals surface area contributed by atoms with Crippen molar-refractivity contribution in [1.29, 1.82) is 0 Å². The van der Waals surface area contributed by atoms with Gasteiger partial charge < -0.3 is 20.3 Å². The lowest BCUT2D eigenvalue weighted by Crippen LogP contribution is -2.36. The van der Waals surface area contributed by atoms with Crippen LogP contribution in [0.2, 0.25) is 0 Å². The van der Waals surface area contributed by atoms with Gasteiger partial charge in [0.15, 0.2) is 0 Å². The molecule has 2 amide bonds. The molecule has 0 bridgehead atoms. The monoisotopic (exact) mass is 389 g/mol. The van der Waals surface area contributed by atoms with Gasteiger partial charge in [0, 0.05) is 18.4 Å². The summed E-state index contributed by atoms with van der Waals surface area (Å²) in [5, 5.41) is 5.85. The number of methoxy groups -OCH3 is 1. The minimum Gasteiger partial charge on any atom is -0.465 e. The van der Waals surface area contributed by atoms with Gasteiger partial charge in [-0.1, -0.05) is 12.1 Å². The molecule has 0 spiro atoms. The van der Waals surface area contributed by atoms with E-state index in [1.165, 1.54) is 7.11 Å². The molecule has 154 valence electrons. The lowest BCUT2D eigenvalue weighted by atomic mass is 9.81. The van der Waals surface area contributed by atoms with Crippen LogP contribution in [0.3, 0.4) is 0 Å². The largest absolute Gasteiger partial charge is 0.465 e. The minimum atomic E-state index is -0.481. The van der Waals surface area contributed by atoms with Crippen molar-refractivity contribution in [2.24, 2.45) is 11.8 Å². The molecule has 1 fully saturated rings. The summed E-state index contributed by atoms with van der Waals surface area (Å²) in [6, 6.07) is 6.81. The maximum Gasteiger partial charge on any atom is 0.339 e. The topological polar surface area (TPSA) is 87.7 Å². The lowest BCUT2D eigenvalue weighted by molar-refractivity contribution is -0.128. The molecule has 28 heavy (non-hydrogen) atoms. The Labute approximate surface area is 166 Å².